The molecule has 0 bridgehead atoms. The van der Waals surface area contributed by atoms with Gasteiger partial charge in [-0.2, -0.15) is 0 Å². The molecule has 2 unspecified atom stereocenters. The Labute approximate surface area is 118 Å². The lowest BCUT2D eigenvalue weighted by Crippen LogP contribution is -2.44. The van der Waals surface area contributed by atoms with Crippen LogP contribution in [0.1, 0.15) is 45.2 Å². The summed E-state index contributed by atoms with van der Waals surface area (Å²) in [7, 11) is 0. The largest absolute Gasteiger partial charge is 0.375 e. The van der Waals surface area contributed by atoms with E-state index in [4.69, 9.17) is 5.73 Å². The second-order valence-corrected chi connectivity index (χ2v) is 6.61. The number of carbonyl (C=O) groups is 1. The Kier molecular flexibility index (Phi) is 4.80. The van der Waals surface area contributed by atoms with E-state index in [0.29, 0.717) is 29.4 Å². The molecule has 1 amide bonds. The molecule has 1 saturated carbocycles. The summed E-state index contributed by atoms with van der Waals surface area (Å²) in [4.78, 5) is 16.2. The fraction of sp³-hybridized carbons (Fsp3) is 0.714. The standard InChI is InChI=1S/C14H23N3OS/c1-9(2)11-5-3-4-6-12(11)17-13(18)7-10-8-19-14(15)16-10/h8-9,11-12H,3-7H2,1-2H3,(H2,15,16)(H,17,18). The number of carbonyl (C=O) groups excluding carboxylic acids is 1. The zero-order valence-electron chi connectivity index (χ0n) is 11.7. The van der Waals surface area contributed by atoms with E-state index in [1.165, 1.54) is 30.6 Å². The zero-order valence-corrected chi connectivity index (χ0v) is 12.5. The SMILES string of the molecule is CC(C)C1CCCCC1NC(=O)Cc1csc(N)n1. The molecule has 0 saturated heterocycles. The van der Waals surface area contributed by atoms with Crippen LogP contribution in [0.15, 0.2) is 5.38 Å². The van der Waals surface area contributed by atoms with Gasteiger partial charge in [-0.25, -0.2) is 4.98 Å². The van der Waals surface area contributed by atoms with Crippen LogP contribution < -0.4 is 11.1 Å². The van der Waals surface area contributed by atoms with E-state index in [1.807, 2.05) is 5.38 Å². The Morgan fingerprint density at radius 2 is 2.26 bits per heavy atom. The molecule has 2 atom stereocenters. The Morgan fingerprint density at radius 3 is 2.89 bits per heavy atom. The van der Waals surface area contributed by atoms with Gasteiger partial charge in [0.25, 0.3) is 0 Å². The highest BCUT2D eigenvalue weighted by Gasteiger charge is 2.28. The van der Waals surface area contributed by atoms with E-state index in [9.17, 15) is 4.79 Å². The van der Waals surface area contributed by atoms with Gasteiger partial charge in [-0.05, 0) is 24.7 Å². The molecule has 0 aromatic carbocycles. The number of anilines is 1. The van der Waals surface area contributed by atoms with Gasteiger partial charge in [-0.1, -0.05) is 26.7 Å². The van der Waals surface area contributed by atoms with Gasteiger partial charge < -0.3 is 11.1 Å². The van der Waals surface area contributed by atoms with Gasteiger partial charge in [-0.3, -0.25) is 4.79 Å². The lowest BCUT2D eigenvalue weighted by atomic mass is 9.78. The number of nitrogens with one attached hydrogen (secondary N) is 1. The molecule has 1 aromatic heterocycles. The third kappa shape index (κ3) is 3.93. The molecule has 0 spiro atoms. The number of nitrogens with zero attached hydrogens (tertiary/aromatic N) is 1. The van der Waals surface area contributed by atoms with Crippen molar-refractivity contribution in [2.24, 2.45) is 11.8 Å². The van der Waals surface area contributed by atoms with E-state index < -0.39 is 0 Å². The summed E-state index contributed by atoms with van der Waals surface area (Å²) in [6.07, 6.45) is 5.19. The van der Waals surface area contributed by atoms with E-state index in [2.05, 4.69) is 24.1 Å². The van der Waals surface area contributed by atoms with E-state index >= 15 is 0 Å². The molecular formula is C14H23N3OS. The first-order chi connectivity index (χ1) is 9.06. The van der Waals surface area contributed by atoms with Crippen molar-refractivity contribution in [2.45, 2.75) is 52.0 Å². The molecule has 4 nitrogen and oxygen atoms in total. The summed E-state index contributed by atoms with van der Waals surface area (Å²) in [6, 6.07) is 0.331. The van der Waals surface area contributed by atoms with Crippen LogP contribution in [0.25, 0.3) is 0 Å². The Bertz CT molecular complexity index is 430. The van der Waals surface area contributed by atoms with Crippen molar-refractivity contribution in [2.75, 3.05) is 5.73 Å². The maximum Gasteiger partial charge on any atom is 0.226 e. The van der Waals surface area contributed by atoms with Crippen LogP contribution in [-0.4, -0.2) is 16.9 Å². The molecule has 106 valence electrons. The Morgan fingerprint density at radius 1 is 1.53 bits per heavy atom. The van der Waals surface area contributed by atoms with Crippen molar-refractivity contribution in [3.8, 4) is 0 Å². The molecular weight excluding hydrogens is 258 g/mol. The van der Waals surface area contributed by atoms with Crippen molar-refractivity contribution < 1.29 is 4.79 Å². The van der Waals surface area contributed by atoms with Crippen LogP contribution in [0.3, 0.4) is 0 Å². The minimum absolute atomic E-state index is 0.0721. The highest BCUT2D eigenvalue weighted by molar-refractivity contribution is 7.13. The number of rotatable bonds is 4. The predicted octanol–water partition coefficient (Wildman–Crippen LogP) is 2.60. The van der Waals surface area contributed by atoms with E-state index in [-0.39, 0.29) is 5.91 Å². The average molecular weight is 281 g/mol. The number of thiazole rings is 1. The van der Waals surface area contributed by atoms with Crippen molar-refractivity contribution in [1.82, 2.24) is 10.3 Å². The number of nitrogen functional groups attached to an aromatic ring is 1. The minimum Gasteiger partial charge on any atom is -0.375 e. The first-order valence-corrected chi connectivity index (χ1v) is 7.93. The Hall–Kier alpha value is -1.10. The van der Waals surface area contributed by atoms with Gasteiger partial charge in [0.2, 0.25) is 5.91 Å². The summed E-state index contributed by atoms with van der Waals surface area (Å²) < 4.78 is 0. The number of nitrogens with two attached hydrogens (primary N) is 1. The third-order valence-electron chi connectivity index (χ3n) is 3.93. The molecule has 1 aliphatic carbocycles. The predicted molar refractivity (Wildman–Crippen MR) is 79.0 cm³/mol. The zero-order chi connectivity index (χ0) is 13.8. The Balaban J connectivity index is 1.89. The highest BCUT2D eigenvalue weighted by atomic mass is 32.1. The van der Waals surface area contributed by atoms with Crippen LogP contribution >= 0.6 is 11.3 Å². The van der Waals surface area contributed by atoms with E-state index in [1.54, 1.807) is 0 Å². The van der Waals surface area contributed by atoms with Crippen LogP contribution in [-0.2, 0) is 11.2 Å². The highest BCUT2D eigenvalue weighted by Crippen LogP contribution is 2.30. The normalized spacial score (nSPS) is 23.5. The second kappa shape index (κ2) is 6.37. The number of hydrogen-bond acceptors (Lipinski definition) is 4. The first-order valence-electron chi connectivity index (χ1n) is 7.05. The number of aromatic nitrogens is 1. The minimum atomic E-state index is 0.0721. The van der Waals surface area contributed by atoms with Gasteiger partial charge in [-0.15, -0.1) is 11.3 Å². The van der Waals surface area contributed by atoms with Gasteiger partial charge >= 0.3 is 0 Å². The van der Waals surface area contributed by atoms with Crippen LogP contribution in [0, 0.1) is 11.8 Å². The molecule has 0 radical (unpaired) electrons. The van der Waals surface area contributed by atoms with Crippen molar-refractivity contribution in [3.63, 3.8) is 0 Å². The molecule has 2 rings (SSSR count). The fourth-order valence-corrected chi connectivity index (χ4v) is 3.53. The second-order valence-electron chi connectivity index (χ2n) is 5.72. The molecule has 3 N–H and O–H groups in total. The lowest BCUT2D eigenvalue weighted by molar-refractivity contribution is -0.121. The van der Waals surface area contributed by atoms with Gasteiger partial charge in [0.15, 0.2) is 5.13 Å². The lowest BCUT2D eigenvalue weighted by Gasteiger charge is -2.34. The van der Waals surface area contributed by atoms with E-state index in [0.717, 1.165) is 12.1 Å². The summed E-state index contributed by atoms with van der Waals surface area (Å²) >= 11 is 1.38. The van der Waals surface area contributed by atoms with Crippen molar-refractivity contribution >= 4 is 22.4 Å². The van der Waals surface area contributed by atoms with Crippen LogP contribution in [0.5, 0.6) is 0 Å². The molecule has 0 aliphatic heterocycles. The van der Waals surface area contributed by atoms with Gasteiger partial charge in [0, 0.05) is 11.4 Å². The summed E-state index contributed by atoms with van der Waals surface area (Å²) in [5.41, 5.74) is 6.35. The average Bonchev–Trinajstić information content (AvgIpc) is 2.75. The van der Waals surface area contributed by atoms with Gasteiger partial charge in [0.1, 0.15) is 0 Å². The molecule has 5 heteroatoms. The van der Waals surface area contributed by atoms with Crippen molar-refractivity contribution in [3.05, 3.63) is 11.1 Å². The summed E-state index contributed by atoms with van der Waals surface area (Å²) in [5, 5.41) is 5.58. The van der Waals surface area contributed by atoms with Crippen LogP contribution in [0.4, 0.5) is 5.13 Å². The van der Waals surface area contributed by atoms with Crippen LogP contribution in [0.2, 0.25) is 0 Å². The third-order valence-corrected chi connectivity index (χ3v) is 4.66. The maximum atomic E-state index is 12.1. The topological polar surface area (TPSA) is 68.0 Å². The fourth-order valence-electron chi connectivity index (χ4n) is 2.96. The quantitative estimate of drug-likeness (QED) is 0.891. The number of hydrogen-bond donors (Lipinski definition) is 2. The molecule has 19 heavy (non-hydrogen) atoms. The van der Waals surface area contributed by atoms with Gasteiger partial charge in [0.05, 0.1) is 12.1 Å². The summed E-state index contributed by atoms with van der Waals surface area (Å²) in [6.45, 7) is 4.49. The molecule has 1 fully saturated rings. The molecule has 1 heterocycles. The first kappa shape index (κ1) is 14.3. The maximum absolute atomic E-state index is 12.1. The number of amides is 1. The van der Waals surface area contributed by atoms with Crippen molar-refractivity contribution in [1.29, 1.82) is 0 Å². The summed E-state index contributed by atoms with van der Waals surface area (Å²) in [5.74, 6) is 1.31. The molecule has 1 aromatic rings. The smallest absolute Gasteiger partial charge is 0.226 e. The monoisotopic (exact) mass is 281 g/mol. The molecule has 1 aliphatic rings.